The average molecular weight is 248 g/mol. The molecule has 0 fully saturated rings. The Morgan fingerprint density at radius 1 is 1.07 bits per heavy atom. The van der Waals surface area contributed by atoms with Gasteiger partial charge in [-0.1, -0.05) is 23.2 Å². The lowest BCUT2D eigenvalue weighted by molar-refractivity contribution is 0.172. The van der Waals surface area contributed by atoms with Crippen LogP contribution < -0.4 is 10.1 Å². The maximum atomic E-state index is 5.85. The number of halogens is 2. The van der Waals surface area contributed by atoms with E-state index >= 15 is 0 Å². The fourth-order valence-corrected chi connectivity index (χ4v) is 1.81. The van der Waals surface area contributed by atoms with Gasteiger partial charge in [0.15, 0.2) is 0 Å². The standard InChI is InChI=1S/C11H15Cl2NO/c1-7(2)14-8(3)15-11-5-9(12)4-10(13)6-11/h4-8,14H,1-3H3. The molecule has 0 aromatic heterocycles. The second kappa shape index (κ2) is 5.59. The number of ether oxygens (including phenoxy) is 1. The van der Waals surface area contributed by atoms with Gasteiger partial charge < -0.3 is 4.74 Å². The number of hydrogen-bond donors (Lipinski definition) is 1. The highest BCUT2D eigenvalue weighted by Crippen LogP contribution is 2.24. The normalized spacial score (nSPS) is 12.9. The first kappa shape index (κ1) is 12.6. The molecule has 1 aromatic carbocycles. The zero-order valence-corrected chi connectivity index (χ0v) is 10.6. The van der Waals surface area contributed by atoms with Crippen LogP contribution in [0.4, 0.5) is 0 Å². The molecule has 1 unspecified atom stereocenters. The van der Waals surface area contributed by atoms with Crippen LogP contribution in [0.3, 0.4) is 0 Å². The first-order valence-electron chi connectivity index (χ1n) is 4.86. The van der Waals surface area contributed by atoms with Crippen molar-refractivity contribution in [3.05, 3.63) is 28.2 Å². The van der Waals surface area contributed by atoms with Gasteiger partial charge in [-0.25, -0.2) is 0 Å². The van der Waals surface area contributed by atoms with E-state index in [-0.39, 0.29) is 6.23 Å². The van der Waals surface area contributed by atoms with E-state index < -0.39 is 0 Å². The van der Waals surface area contributed by atoms with Gasteiger partial charge in [-0.05, 0) is 39.0 Å². The van der Waals surface area contributed by atoms with Crippen molar-refractivity contribution in [2.45, 2.75) is 33.0 Å². The molecule has 1 aromatic rings. The highest BCUT2D eigenvalue weighted by atomic mass is 35.5. The monoisotopic (exact) mass is 247 g/mol. The second-order valence-electron chi connectivity index (χ2n) is 3.69. The Bertz CT molecular complexity index is 308. The predicted octanol–water partition coefficient (Wildman–Crippen LogP) is 3.72. The Morgan fingerprint density at radius 2 is 1.60 bits per heavy atom. The molecule has 0 aliphatic heterocycles. The fraction of sp³-hybridized carbons (Fsp3) is 0.455. The van der Waals surface area contributed by atoms with Crippen molar-refractivity contribution in [1.29, 1.82) is 0 Å². The zero-order valence-electron chi connectivity index (χ0n) is 9.05. The molecule has 0 aliphatic rings. The Kier molecular flexibility index (Phi) is 4.71. The minimum Gasteiger partial charge on any atom is -0.476 e. The summed E-state index contributed by atoms with van der Waals surface area (Å²) in [4.78, 5) is 0. The summed E-state index contributed by atoms with van der Waals surface area (Å²) >= 11 is 11.7. The molecule has 0 radical (unpaired) electrons. The third-order valence-electron chi connectivity index (χ3n) is 1.72. The van der Waals surface area contributed by atoms with Crippen molar-refractivity contribution in [2.24, 2.45) is 0 Å². The summed E-state index contributed by atoms with van der Waals surface area (Å²) in [5.74, 6) is 0.674. The van der Waals surface area contributed by atoms with Crippen molar-refractivity contribution in [3.8, 4) is 5.75 Å². The lowest BCUT2D eigenvalue weighted by Crippen LogP contribution is -2.36. The summed E-state index contributed by atoms with van der Waals surface area (Å²) in [6, 6.07) is 5.53. The quantitative estimate of drug-likeness (QED) is 0.820. The third-order valence-corrected chi connectivity index (χ3v) is 2.15. The van der Waals surface area contributed by atoms with Crippen LogP contribution in [0.1, 0.15) is 20.8 Å². The molecule has 0 aliphatic carbocycles. The number of nitrogens with one attached hydrogen (secondary N) is 1. The Morgan fingerprint density at radius 3 is 2.07 bits per heavy atom. The predicted molar refractivity (Wildman–Crippen MR) is 64.8 cm³/mol. The lowest BCUT2D eigenvalue weighted by Gasteiger charge is -2.18. The molecule has 1 atom stereocenters. The van der Waals surface area contributed by atoms with E-state index in [2.05, 4.69) is 19.2 Å². The molecule has 4 heteroatoms. The minimum atomic E-state index is -0.0699. The van der Waals surface area contributed by atoms with Gasteiger partial charge in [0.2, 0.25) is 0 Å². The summed E-state index contributed by atoms with van der Waals surface area (Å²) < 4.78 is 5.61. The van der Waals surface area contributed by atoms with Crippen molar-refractivity contribution in [1.82, 2.24) is 5.32 Å². The maximum absolute atomic E-state index is 5.85. The molecule has 0 spiro atoms. The first-order valence-corrected chi connectivity index (χ1v) is 5.62. The van der Waals surface area contributed by atoms with E-state index in [1.807, 2.05) is 6.92 Å². The SMILES string of the molecule is CC(C)NC(C)Oc1cc(Cl)cc(Cl)c1. The van der Waals surface area contributed by atoms with Crippen LogP contribution in [0, 0.1) is 0 Å². The van der Waals surface area contributed by atoms with Crippen LogP contribution in [0.15, 0.2) is 18.2 Å². The highest BCUT2D eigenvalue weighted by molar-refractivity contribution is 6.34. The van der Waals surface area contributed by atoms with E-state index in [9.17, 15) is 0 Å². The topological polar surface area (TPSA) is 21.3 Å². The highest BCUT2D eigenvalue weighted by Gasteiger charge is 2.06. The molecule has 2 nitrogen and oxygen atoms in total. The van der Waals surface area contributed by atoms with Crippen molar-refractivity contribution in [3.63, 3.8) is 0 Å². The van der Waals surface area contributed by atoms with Crippen LogP contribution in [-0.4, -0.2) is 12.3 Å². The Balaban J connectivity index is 2.63. The summed E-state index contributed by atoms with van der Waals surface area (Å²) in [5.41, 5.74) is 0. The Hall–Kier alpha value is -0.440. The van der Waals surface area contributed by atoms with E-state index in [0.717, 1.165) is 0 Å². The lowest BCUT2D eigenvalue weighted by atomic mass is 10.3. The third kappa shape index (κ3) is 4.74. The number of rotatable bonds is 4. The van der Waals surface area contributed by atoms with Gasteiger partial charge in [0.25, 0.3) is 0 Å². The molecule has 0 saturated heterocycles. The van der Waals surface area contributed by atoms with Crippen molar-refractivity contribution in [2.75, 3.05) is 0 Å². The van der Waals surface area contributed by atoms with Gasteiger partial charge in [0, 0.05) is 16.1 Å². The first-order chi connectivity index (χ1) is 6.97. The van der Waals surface area contributed by atoms with Gasteiger partial charge >= 0.3 is 0 Å². The second-order valence-corrected chi connectivity index (χ2v) is 4.56. The zero-order chi connectivity index (χ0) is 11.4. The summed E-state index contributed by atoms with van der Waals surface area (Å²) in [6.45, 7) is 6.06. The molecule has 0 amide bonds. The van der Waals surface area contributed by atoms with E-state index in [1.165, 1.54) is 0 Å². The Labute approximate surface area is 101 Å². The van der Waals surface area contributed by atoms with Gasteiger partial charge in [-0.15, -0.1) is 0 Å². The van der Waals surface area contributed by atoms with Gasteiger partial charge in [-0.2, -0.15) is 0 Å². The summed E-state index contributed by atoms with van der Waals surface area (Å²) in [6.07, 6.45) is -0.0699. The number of benzene rings is 1. The smallest absolute Gasteiger partial charge is 0.147 e. The largest absolute Gasteiger partial charge is 0.476 e. The van der Waals surface area contributed by atoms with Gasteiger partial charge in [0.1, 0.15) is 12.0 Å². The molecule has 1 N–H and O–H groups in total. The van der Waals surface area contributed by atoms with Crippen LogP contribution in [0.25, 0.3) is 0 Å². The molecule has 0 bridgehead atoms. The molecule has 15 heavy (non-hydrogen) atoms. The molecule has 1 rings (SSSR count). The van der Waals surface area contributed by atoms with E-state index in [1.54, 1.807) is 18.2 Å². The maximum Gasteiger partial charge on any atom is 0.147 e. The molecule has 0 heterocycles. The summed E-state index contributed by atoms with van der Waals surface area (Å²) in [5, 5.41) is 4.38. The fourth-order valence-electron chi connectivity index (χ4n) is 1.30. The average Bonchev–Trinajstić information content (AvgIpc) is 1.98. The van der Waals surface area contributed by atoms with Crippen LogP contribution in [0.5, 0.6) is 5.75 Å². The number of hydrogen-bond acceptors (Lipinski definition) is 2. The molecular weight excluding hydrogens is 233 g/mol. The molecule has 0 saturated carbocycles. The van der Waals surface area contributed by atoms with E-state index in [0.29, 0.717) is 21.8 Å². The molecule has 84 valence electrons. The minimum absolute atomic E-state index is 0.0699. The van der Waals surface area contributed by atoms with Crippen LogP contribution in [0.2, 0.25) is 10.0 Å². The van der Waals surface area contributed by atoms with Crippen LogP contribution >= 0.6 is 23.2 Å². The summed E-state index contributed by atoms with van der Waals surface area (Å²) in [7, 11) is 0. The van der Waals surface area contributed by atoms with Crippen molar-refractivity contribution >= 4 is 23.2 Å². The van der Waals surface area contributed by atoms with E-state index in [4.69, 9.17) is 27.9 Å². The van der Waals surface area contributed by atoms with Crippen LogP contribution in [-0.2, 0) is 0 Å². The van der Waals surface area contributed by atoms with Gasteiger partial charge in [-0.3, -0.25) is 5.32 Å². The molecular formula is C11H15Cl2NO. The van der Waals surface area contributed by atoms with Gasteiger partial charge in [0.05, 0.1) is 0 Å². The van der Waals surface area contributed by atoms with Crippen molar-refractivity contribution < 1.29 is 4.74 Å².